The Hall–Kier alpha value is -3.69. The lowest BCUT2D eigenvalue weighted by Crippen LogP contribution is -2.46. The number of benzene rings is 3. The van der Waals surface area contributed by atoms with Crippen LogP contribution in [0.3, 0.4) is 0 Å². The molecule has 38 heavy (non-hydrogen) atoms. The first-order valence-corrected chi connectivity index (χ1v) is 13.2. The zero-order valence-corrected chi connectivity index (χ0v) is 22.1. The molecule has 1 atom stereocenters. The van der Waals surface area contributed by atoms with Crippen molar-refractivity contribution < 1.29 is 23.5 Å². The second kappa shape index (κ2) is 12.7. The van der Waals surface area contributed by atoms with Gasteiger partial charge in [-0.3, -0.25) is 14.5 Å². The number of para-hydroxylation sites is 1. The van der Waals surface area contributed by atoms with Gasteiger partial charge >= 0.3 is 5.97 Å². The lowest BCUT2D eigenvalue weighted by atomic mass is 10.1. The number of carbonyl (C=O) groups is 3. The monoisotopic (exact) mass is 553 g/mol. The second-order valence-electron chi connectivity index (χ2n) is 8.36. The van der Waals surface area contributed by atoms with Crippen molar-refractivity contribution in [2.24, 2.45) is 4.99 Å². The molecule has 0 radical (unpaired) electrons. The van der Waals surface area contributed by atoms with Crippen molar-refractivity contribution >= 4 is 57.7 Å². The second-order valence-corrected chi connectivity index (χ2v) is 9.94. The van der Waals surface area contributed by atoms with E-state index in [0.29, 0.717) is 40.1 Å². The van der Waals surface area contributed by atoms with Gasteiger partial charge in [0.1, 0.15) is 11.1 Å². The average Bonchev–Trinajstić information content (AvgIpc) is 2.91. The fourth-order valence-electron chi connectivity index (χ4n) is 3.73. The zero-order chi connectivity index (χ0) is 27.1. The number of amides is 2. The smallest absolute Gasteiger partial charge is 0.338 e. The summed E-state index contributed by atoms with van der Waals surface area (Å²) < 4.78 is 18.3. The van der Waals surface area contributed by atoms with Crippen LogP contribution >= 0.6 is 23.4 Å². The Labute approximate surface area is 229 Å². The molecule has 0 aromatic heterocycles. The Balaban J connectivity index is 1.57. The summed E-state index contributed by atoms with van der Waals surface area (Å²) in [4.78, 5) is 44.4. The molecule has 3 aromatic rings. The molecule has 0 aliphatic carbocycles. The molecular weight excluding hydrogens is 529 g/mol. The van der Waals surface area contributed by atoms with Crippen molar-refractivity contribution in [3.63, 3.8) is 0 Å². The standard InChI is InChI=1S/C28H25ClFN3O4S/c1-2-37-27(36)19-9-13-21(14-10-19)31-28-33(16-15-18-7-11-20(30)12-8-18)25(34)17-24(38-28)26(35)32-23-6-4-3-5-22(23)29/h3-14,24H,2,15-17H2,1H3,(H,32,35)/t24-/m1/s1. The molecule has 1 heterocycles. The Morgan fingerprint density at radius 3 is 2.50 bits per heavy atom. The van der Waals surface area contributed by atoms with E-state index in [4.69, 9.17) is 16.3 Å². The maximum Gasteiger partial charge on any atom is 0.338 e. The van der Waals surface area contributed by atoms with Crippen molar-refractivity contribution in [1.82, 2.24) is 4.90 Å². The third kappa shape index (κ3) is 6.99. The molecule has 4 rings (SSSR count). The van der Waals surface area contributed by atoms with Crippen LogP contribution in [-0.4, -0.2) is 46.3 Å². The highest BCUT2D eigenvalue weighted by Gasteiger charge is 2.36. The van der Waals surface area contributed by atoms with Gasteiger partial charge in [-0.2, -0.15) is 0 Å². The van der Waals surface area contributed by atoms with Gasteiger partial charge in [-0.15, -0.1) is 0 Å². The number of hydrogen-bond acceptors (Lipinski definition) is 6. The number of nitrogens with one attached hydrogen (secondary N) is 1. The van der Waals surface area contributed by atoms with Crippen LogP contribution < -0.4 is 5.32 Å². The molecule has 1 N–H and O–H groups in total. The Kier molecular flexibility index (Phi) is 9.15. The fraction of sp³-hybridized carbons (Fsp3) is 0.214. The first kappa shape index (κ1) is 27.3. The van der Waals surface area contributed by atoms with Gasteiger partial charge in [0.2, 0.25) is 11.8 Å². The van der Waals surface area contributed by atoms with Gasteiger partial charge in [-0.05, 0) is 67.4 Å². The lowest BCUT2D eigenvalue weighted by molar-refractivity contribution is -0.129. The molecule has 10 heteroatoms. The number of aliphatic imine (C=N–C) groups is 1. The molecule has 1 saturated heterocycles. The van der Waals surface area contributed by atoms with Gasteiger partial charge < -0.3 is 10.1 Å². The van der Waals surface area contributed by atoms with Crippen LogP contribution in [0.2, 0.25) is 5.02 Å². The molecule has 7 nitrogen and oxygen atoms in total. The zero-order valence-electron chi connectivity index (χ0n) is 20.5. The largest absolute Gasteiger partial charge is 0.462 e. The number of esters is 1. The van der Waals surface area contributed by atoms with Crippen LogP contribution in [0.5, 0.6) is 0 Å². The normalized spacial score (nSPS) is 16.4. The molecule has 2 amide bonds. The maximum absolute atomic E-state index is 13.3. The molecule has 1 aliphatic rings. The molecule has 0 spiro atoms. The molecule has 196 valence electrons. The summed E-state index contributed by atoms with van der Waals surface area (Å²) in [6.07, 6.45) is 0.453. The van der Waals surface area contributed by atoms with Crippen molar-refractivity contribution in [3.8, 4) is 0 Å². The molecule has 3 aromatic carbocycles. The van der Waals surface area contributed by atoms with Crippen LogP contribution in [0.15, 0.2) is 77.8 Å². The van der Waals surface area contributed by atoms with Gasteiger partial charge in [-0.25, -0.2) is 14.2 Å². The van der Waals surface area contributed by atoms with Crippen LogP contribution in [0, 0.1) is 5.82 Å². The predicted octanol–water partition coefficient (Wildman–Crippen LogP) is 5.86. The van der Waals surface area contributed by atoms with Crippen LogP contribution in [-0.2, 0) is 20.7 Å². The summed E-state index contributed by atoms with van der Waals surface area (Å²) in [5, 5.41) is 2.81. The van der Waals surface area contributed by atoms with Crippen molar-refractivity contribution in [2.45, 2.75) is 25.0 Å². The van der Waals surface area contributed by atoms with E-state index in [1.54, 1.807) is 67.6 Å². The maximum atomic E-state index is 13.3. The number of rotatable bonds is 8. The summed E-state index contributed by atoms with van der Waals surface area (Å²) >= 11 is 7.36. The summed E-state index contributed by atoms with van der Waals surface area (Å²) in [5.74, 6) is -1.39. The van der Waals surface area contributed by atoms with Gasteiger partial charge in [0.15, 0.2) is 5.17 Å². The van der Waals surface area contributed by atoms with E-state index in [1.807, 2.05) is 0 Å². The highest BCUT2D eigenvalue weighted by molar-refractivity contribution is 8.15. The van der Waals surface area contributed by atoms with Gasteiger partial charge in [-0.1, -0.05) is 47.6 Å². The van der Waals surface area contributed by atoms with E-state index in [9.17, 15) is 18.8 Å². The molecule has 1 aliphatic heterocycles. The predicted molar refractivity (Wildman–Crippen MR) is 147 cm³/mol. The number of hydrogen-bond donors (Lipinski definition) is 1. The summed E-state index contributed by atoms with van der Waals surface area (Å²) in [6.45, 7) is 2.30. The lowest BCUT2D eigenvalue weighted by Gasteiger charge is -2.32. The number of thioether (sulfide) groups is 1. The van der Waals surface area contributed by atoms with E-state index in [2.05, 4.69) is 10.3 Å². The quantitative estimate of drug-likeness (QED) is 0.353. The van der Waals surface area contributed by atoms with E-state index in [-0.39, 0.29) is 30.7 Å². The number of nitrogens with zero attached hydrogens (tertiary/aromatic N) is 2. The molecular formula is C28H25ClFN3O4S. The fourth-order valence-corrected chi connectivity index (χ4v) is 5.03. The Morgan fingerprint density at radius 2 is 1.82 bits per heavy atom. The third-order valence-corrected chi connectivity index (χ3v) is 7.22. The number of anilines is 1. The van der Waals surface area contributed by atoms with E-state index in [0.717, 1.165) is 5.56 Å². The highest BCUT2D eigenvalue weighted by atomic mass is 35.5. The molecule has 0 bridgehead atoms. The van der Waals surface area contributed by atoms with Crippen LogP contribution in [0.25, 0.3) is 0 Å². The molecule has 0 unspecified atom stereocenters. The molecule has 0 saturated carbocycles. The van der Waals surface area contributed by atoms with Gasteiger partial charge in [0.25, 0.3) is 0 Å². The number of ether oxygens (including phenoxy) is 1. The minimum atomic E-state index is -0.724. The number of amidine groups is 1. The van der Waals surface area contributed by atoms with Crippen molar-refractivity contribution in [3.05, 3.63) is 94.8 Å². The minimum Gasteiger partial charge on any atom is -0.462 e. The number of halogens is 2. The van der Waals surface area contributed by atoms with Gasteiger partial charge in [0, 0.05) is 13.0 Å². The Morgan fingerprint density at radius 1 is 1.11 bits per heavy atom. The van der Waals surface area contributed by atoms with Crippen molar-refractivity contribution in [1.29, 1.82) is 0 Å². The summed E-state index contributed by atoms with van der Waals surface area (Å²) in [6, 6.07) is 19.4. The number of carbonyl (C=O) groups excluding carboxylic acids is 3. The minimum absolute atomic E-state index is 0.0226. The molecule has 1 fully saturated rings. The highest BCUT2D eigenvalue weighted by Crippen LogP contribution is 2.31. The van der Waals surface area contributed by atoms with Crippen LogP contribution in [0.1, 0.15) is 29.3 Å². The van der Waals surface area contributed by atoms with Crippen LogP contribution in [0.4, 0.5) is 15.8 Å². The third-order valence-electron chi connectivity index (χ3n) is 5.70. The summed E-state index contributed by atoms with van der Waals surface area (Å²) in [7, 11) is 0. The topological polar surface area (TPSA) is 88.1 Å². The SMILES string of the molecule is CCOC(=O)c1ccc(N=C2S[C@@H](C(=O)Nc3ccccc3Cl)CC(=O)N2CCc2ccc(F)cc2)cc1. The summed E-state index contributed by atoms with van der Waals surface area (Å²) in [5.41, 5.74) is 2.21. The Bertz CT molecular complexity index is 1350. The van der Waals surface area contributed by atoms with Crippen molar-refractivity contribution in [2.75, 3.05) is 18.5 Å². The van der Waals surface area contributed by atoms with E-state index in [1.165, 1.54) is 28.8 Å². The van der Waals surface area contributed by atoms with E-state index >= 15 is 0 Å². The van der Waals surface area contributed by atoms with Gasteiger partial charge in [0.05, 0.1) is 28.6 Å². The van der Waals surface area contributed by atoms with E-state index < -0.39 is 11.2 Å². The average molecular weight is 554 g/mol. The first-order chi connectivity index (χ1) is 18.3. The first-order valence-electron chi connectivity index (χ1n) is 12.0.